The average Bonchev–Trinajstić information content (AvgIpc) is 2.51. The van der Waals surface area contributed by atoms with Crippen molar-refractivity contribution in [2.75, 3.05) is 39.3 Å². The predicted octanol–water partition coefficient (Wildman–Crippen LogP) is 2.11. The van der Waals surface area contributed by atoms with Crippen LogP contribution in [0, 0.1) is 5.82 Å². The molecule has 0 radical (unpaired) electrons. The van der Waals surface area contributed by atoms with Gasteiger partial charge in [0.15, 0.2) is 0 Å². The van der Waals surface area contributed by atoms with Crippen LogP contribution in [-0.4, -0.2) is 61.2 Å². The van der Waals surface area contributed by atoms with Gasteiger partial charge < -0.3 is 5.32 Å². The second kappa shape index (κ2) is 6.73. The molecule has 4 rings (SSSR count). The lowest BCUT2D eigenvalue weighted by Gasteiger charge is -2.50. The third-order valence-electron chi connectivity index (χ3n) is 4.69. The highest BCUT2D eigenvalue weighted by molar-refractivity contribution is 9.10. The van der Waals surface area contributed by atoms with E-state index in [0.29, 0.717) is 16.6 Å². The molecular weight excluding hydrogens is 333 g/mol. The molecule has 3 aliphatic heterocycles. The van der Waals surface area contributed by atoms with Crippen molar-refractivity contribution in [3.63, 3.8) is 0 Å². The lowest BCUT2D eigenvalue weighted by Crippen LogP contribution is -2.66. The highest BCUT2D eigenvalue weighted by atomic mass is 79.9. The first-order valence-electron chi connectivity index (χ1n) is 7.81. The molecule has 2 atom stereocenters. The third-order valence-corrected chi connectivity index (χ3v) is 5.30. The first-order valence-corrected chi connectivity index (χ1v) is 8.60. The highest BCUT2D eigenvalue weighted by Gasteiger charge is 2.36. The second-order valence-corrected chi connectivity index (χ2v) is 6.88. The molecule has 0 spiro atoms. The number of hydrogen-bond acceptors (Lipinski definition) is 3. The van der Waals surface area contributed by atoms with E-state index in [4.69, 9.17) is 0 Å². The van der Waals surface area contributed by atoms with Crippen LogP contribution < -0.4 is 5.32 Å². The normalized spacial score (nSPS) is 29.6. The van der Waals surface area contributed by atoms with Crippen molar-refractivity contribution < 1.29 is 4.39 Å². The van der Waals surface area contributed by atoms with E-state index < -0.39 is 0 Å². The zero-order valence-corrected chi connectivity index (χ0v) is 14.1. The van der Waals surface area contributed by atoms with Gasteiger partial charge in [0.2, 0.25) is 0 Å². The van der Waals surface area contributed by atoms with Gasteiger partial charge in [-0.1, -0.05) is 13.0 Å². The van der Waals surface area contributed by atoms with Crippen molar-refractivity contribution in [1.29, 1.82) is 0 Å². The largest absolute Gasteiger partial charge is 0.312 e. The Balaban J connectivity index is 1.73. The van der Waals surface area contributed by atoms with Gasteiger partial charge in [0, 0.05) is 44.8 Å². The Morgan fingerprint density at radius 1 is 1.33 bits per heavy atom. The average molecular weight is 356 g/mol. The molecule has 21 heavy (non-hydrogen) atoms. The van der Waals surface area contributed by atoms with Crippen LogP contribution in [0.2, 0.25) is 0 Å². The van der Waals surface area contributed by atoms with Crippen LogP contribution in [0.5, 0.6) is 0 Å². The van der Waals surface area contributed by atoms with E-state index in [-0.39, 0.29) is 5.82 Å². The molecule has 3 saturated heterocycles. The molecule has 0 saturated carbocycles. The Morgan fingerprint density at radius 3 is 2.67 bits per heavy atom. The monoisotopic (exact) mass is 355 g/mol. The summed E-state index contributed by atoms with van der Waals surface area (Å²) in [5.41, 5.74) is 1.19. The van der Waals surface area contributed by atoms with Crippen molar-refractivity contribution in [1.82, 2.24) is 15.1 Å². The summed E-state index contributed by atoms with van der Waals surface area (Å²) in [6, 6.07) is 6.36. The molecule has 3 fully saturated rings. The third kappa shape index (κ3) is 3.47. The second-order valence-electron chi connectivity index (χ2n) is 6.02. The van der Waals surface area contributed by atoms with E-state index in [9.17, 15) is 4.39 Å². The smallest absolute Gasteiger partial charge is 0.137 e. The zero-order chi connectivity index (χ0) is 14.8. The minimum Gasteiger partial charge on any atom is -0.312 e. The van der Waals surface area contributed by atoms with Crippen molar-refractivity contribution in [3.8, 4) is 0 Å². The van der Waals surface area contributed by atoms with Crippen LogP contribution in [0.3, 0.4) is 0 Å². The van der Waals surface area contributed by atoms with Crippen LogP contribution in [-0.2, 0) is 6.42 Å². The van der Waals surface area contributed by atoms with Gasteiger partial charge in [0.05, 0.1) is 4.47 Å². The van der Waals surface area contributed by atoms with Crippen molar-refractivity contribution in [3.05, 3.63) is 34.1 Å². The fraction of sp³-hybridized carbons (Fsp3) is 0.625. The number of likely N-dealkylation sites (N-methyl/N-ethyl adjacent to an activating group) is 1. The van der Waals surface area contributed by atoms with Crippen LogP contribution in [0.4, 0.5) is 4.39 Å². The molecule has 0 amide bonds. The Morgan fingerprint density at radius 2 is 2.10 bits per heavy atom. The molecule has 5 heteroatoms. The molecule has 2 bridgehead atoms. The highest BCUT2D eigenvalue weighted by Crippen LogP contribution is 2.22. The molecule has 1 aromatic carbocycles. The zero-order valence-electron chi connectivity index (χ0n) is 12.5. The topological polar surface area (TPSA) is 18.5 Å². The maximum absolute atomic E-state index is 13.4. The summed E-state index contributed by atoms with van der Waals surface area (Å²) in [6.45, 7) is 9.05. The number of nitrogens with zero attached hydrogens (tertiary/aromatic N) is 2. The fourth-order valence-electron chi connectivity index (χ4n) is 3.57. The number of hydrogen-bond donors (Lipinski definition) is 1. The summed E-state index contributed by atoms with van der Waals surface area (Å²) in [7, 11) is 0. The van der Waals surface area contributed by atoms with Crippen molar-refractivity contribution in [2.24, 2.45) is 0 Å². The standard InChI is InChI=1S/C16H23BrFN3/c1-2-19-15(10-12-3-4-14(18)13(17)9-12)16-11-20-5-7-21(16)8-6-20/h3-4,9,15-16,19H,2,5-8,10-11H2,1H3. The van der Waals surface area contributed by atoms with Gasteiger partial charge in [-0.05, 0) is 46.6 Å². The van der Waals surface area contributed by atoms with E-state index in [1.165, 1.54) is 31.7 Å². The summed E-state index contributed by atoms with van der Waals surface area (Å²) in [4.78, 5) is 5.18. The molecule has 0 aromatic heterocycles. The molecule has 1 N–H and O–H groups in total. The van der Waals surface area contributed by atoms with Crippen LogP contribution in [0.25, 0.3) is 0 Å². The minimum absolute atomic E-state index is 0.190. The van der Waals surface area contributed by atoms with Gasteiger partial charge in [0.25, 0.3) is 0 Å². The SMILES string of the molecule is CCNC(Cc1ccc(F)c(Br)c1)C1CN2CCN1CC2. The van der Waals surface area contributed by atoms with Gasteiger partial charge >= 0.3 is 0 Å². The van der Waals surface area contributed by atoms with E-state index in [1.807, 2.05) is 12.1 Å². The quantitative estimate of drug-likeness (QED) is 0.872. The van der Waals surface area contributed by atoms with Crippen LogP contribution in [0.15, 0.2) is 22.7 Å². The summed E-state index contributed by atoms with van der Waals surface area (Å²) in [5.74, 6) is -0.190. The van der Waals surface area contributed by atoms with Gasteiger partial charge in [0.1, 0.15) is 5.82 Å². The minimum atomic E-state index is -0.190. The first-order chi connectivity index (χ1) is 10.2. The van der Waals surface area contributed by atoms with E-state index in [0.717, 1.165) is 19.5 Å². The molecule has 3 aliphatic rings. The molecule has 3 nitrogen and oxygen atoms in total. The maximum Gasteiger partial charge on any atom is 0.137 e. The number of nitrogens with one attached hydrogen (secondary N) is 1. The summed E-state index contributed by atoms with van der Waals surface area (Å²) in [6.07, 6.45) is 0.946. The predicted molar refractivity (Wildman–Crippen MR) is 87.1 cm³/mol. The lowest BCUT2D eigenvalue weighted by atomic mass is 9.94. The lowest BCUT2D eigenvalue weighted by molar-refractivity contribution is -0.00289. The summed E-state index contributed by atoms with van der Waals surface area (Å²) in [5, 5.41) is 3.64. The molecule has 116 valence electrons. The fourth-order valence-corrected chi connectivity index (χ4v) is 3.99. The molecule has 1 aromatic rings. The van der Waals surface area contributed by atoms with Crippen molar-refractivity contribution >= 4 is 15.9 Å². The Labute approximate surface area is 134 Å². The first kappa shape index (κ1) is 15.4. The van der Waals surface area contributed by atoms with E-state index in [2.05, 4.69) is 38.0 Å². The van der Waals surface area contributed by atoms with Crippen LogP contribution >= 0.6 is 15.9 Å². The van der Waals surface area contributed by atoms with Gasteiger partial charge in [-0.15, -0.1) is 0 Å². The van der Waals surface area contributed by atoms with E-state index >= 15 is 0 Å². The summed E-state index contributed by atoms with van der Waals surface area (Å²) >= 11 is 3.29. The van der Waals surface area contributed by atoms with Crippen LogP contribution in [0.1, 0.15) is 12.5 Å². The summed E-state index contributed by atoms with van der Waals surface area (Å²) < 4.78 is 13.9. The van der Waals surface area contributed by atoms with Gasteiger partial charge in [-0.3, -0.25) is 9.80 Å². The molecular formula is C16H23BrFN3. The Bertz CT molecular complexity index is 488. The Kier molecular flexibility index (Phi) is 4.94. The Hall–Kier alpha value is -0.490. The van der Waals surface area contributed by atoms with Gasteiger partial charge in [-0.25, -0.2) is 4.39 Å². The molecule has 3 heterocycles. The number of rotatable bonds is 5. The molecule has 0 aliphatic carbocycles. The number of halogens is 2. The number of fused-ring (bicyclic) bond motifs is 3. The maximum atomic E-state index is 13.4. The molecule has 2 unspecified atom stereocenters. The number of benzene rings is 1. The van der Waals surface area contributed by atoms with Crippen molar-refractivity contribution in [2.45, 2.75) is 25.4 Å². The van der Waals surface area contributed by atoms with Gasteiger partial charge in [-0.2, -0.15) is 0 Å². The van der Waals surface area contributed by atoms with E-state index in [1.54, 1.807) is 6.07 Å². The number of piperazine rings is 3.